The van der Waals surface area contributed by atoms with Crippen molar-refractivity contribution in [2.45, 2.75) is 32.4 Å². The second-order valence-electron chi connectivity index (χ2n) is 4.13. The maximum atomic E-state index is 9.55. The summed E-state index contributed by atoms with van der Waals surface area (Å²) < 4.78 is 10.5. The maximum absolute atomic E-state index is 9.55. The molecular formula is C11H23NO3. The first kappa shape index (κ1) is 12.9. The number of aliphatic hydroxyl groups excluding tert-OH is 1. The lowest BCUT2D eigenvalue weighted by molar-refractivity contribution is 0.0404. The third-order valence-electron chi connectivity index (χ3n) is 2.86. The summed E-state index contributed by atoms with van der Waals surface area (Å²) >= 11 is 0. The molecule has 0 radical (unpaired) electrons. The van der Waals surface area contributed by atoms with Gasteiger partial charge in [-0.05, 0) is 26.2 Å². The van der Waals surface area contributed by atoms with Crippen LogP contribution in [0.1, 0.15) is 20.3 Å². The first-order valence-electron chi connectivity index (χ1n) is 5.81. The van der Waals surface area contributed by atoms with Crippen LogP contribution in [0, 0.1) is 5.92 Å². The van der Waals surface area contributed by atoms with Crippen LogP contribution in [0.3, 0.4) is 0 Å². The van der Waals surface area contributed by atoms with Gasteiger partial charge in [0.25, 0.3) is 0 Å². The third kappa shape index (κ3) is 4.93. The lowest BCUT2D eigenvalue weighted by atomic mass is 10.0. The fourth-order valence-electron chi connectivity index (χ4n) is 1.75. The van der Waals surface area contributed by atoms with E-state index in [1.165, 1.54) is 0 Å². The molecule has 1 aliphatic rings. The van der Waals surface area contributed by atoms with Crippen molar-refractivity contribution >= 4 is 0 Å². The minimum absolute atomic E-state index is 0.406. The zero-order valence-electron chi connectivity index (χ0n) is 9.74. The van der Waals surface area contributed by atoms with E-state index in [0.717, 1.165) is 19.6 Å². The molecule has 1 fully saturated rings. The van der Waals surface area contributed by atoms with Crippen LogP contribution < -0.4 is 5.32 Å². The van der Waals surface area contributed by atoms with Gasteiger partial charge < -0.3 is 19.9 Å². The highest BCUT2D eigenvalue weighted by molar-refractivity contribution is 4.76. The van der Waals surface area contributed by atoms with Gasteiger partial charge in [0.2, 0.25) is 0 Å². The van der Waals surface area contributed by atoms with E-state index in [0.29, 0.717) is 31.7 Å². The molecule has 0 aromatic heterocycles. The monoisotopic (exact) mass is 217 g/mol. The normalized spacial score (nSPS) is 25.4. The summed E-state index contributed by atoms with van der Waals surface area (Å²) in [6.45, 7) is 7.46. The van der Waals surface area contributed by atoms with Gasteiger partial charge in [0, 0.05) is 25.8 Å². The Labute approximate surface area is 92.0 Å². The molecule has 4 nitrogen and oxygen atoms in total. The van der Waals surface area contributed by atoms with E-state index in [2.05, 4.69) is 12.2 Å². The Kier molecular flexibility index (Phi) is 6.17. The molecule has 3 atom stereocenters. The lowest BCUT2D eigenvalue weighted by Crippen LogP contribution is -2.40. The molecule has 2 N–H and O–H groups in total. The molecule has 0 saturated carbocycles. The molecule has 0 spiro atoms. The highest BCUT2D eigenvalue weighted by Crippen LogP contribution is 2.16. The Bertz CT molecular complexity index is 160. The topological polar surface area (TPSA) is 50.7 Å². The number of aliphatic hydroxyl groups is 1. The van der Waals surface area contributed by atoms with Gasteiger partial charge in [-0.15, -0.1) is 0 Å². The van der Waals surface area contributed by atoms with Crippen molar-refractivity contribution in [2.75, 3.05) is 33.0 Å². The fourth-order valence-corrected chi connectivity index (χ4v) is 1.75. The lowest BCUT2D eigenvalue weighted by Gasteiger charge is -2.21. The summed E-state index contributed by atoms with van der Waals surface area (Å²) in [5.41, 5.74) is 0. The van der Waals surface area contributed by atoms with E-state index in [1.807, 2.05) is 6.92 Å². The van der Waals surface area contributed by atoms with Crippen LogP contribution in [0.4, 0.5) is 0 Å². The Hall–Kier alpha value is -0.160. The summed E-state index contributed by atoms with van der Waals surface area (Å²) in [5.74, 6) is 0.587. The maximum Gasteiger partial charge on any atom is 0.0897 e. The smallest absolute Gasteiger partial charge is 0.0897 e. The zero-order chi connectivity index (χ0) is 11.1. The van der Waals surface area contributed by atoms with E-state index < -0.39 is 6.10 Å². The van der Waals surface area contributed by atoms with Crippen molar-refractivity contribution < 1.29 is 14.6 Å². The predicted octanol–water partition coefficient (Wildman–Crippen LogP) is 0.398. The van der Waals surface area contributed by atoms with Gasteiger partial charge in [0.15, 0.2) is 0 Å². The van der Waals surface area contributed by atoms with Crippen molar-refractivity contribution in [1.29, 1.82) is 0 Å². The number of hydrogen-bond acceptors (Lipinski definition) is 4. The Morgan fingerprint density at radius 2 is 2.40 bits per heavy atom. The van der Waals surface area contributed by atoms with Crippen molar-refractivity contribution in [3.8, 4) is 0 Å². The second-order valence-corrected chi connectivity index (χ2v) is 4.13. The molecule has 1 heterocycles. The van der Waals surface area contributed by atoms with Gasteiger partial charge in [-0.25, -0.2) is 0 Å². The molecule has 0 aromatic rings. The molecule has 0 aliphatic carbocycles. The van der Waals surface area contributed by atoms with Crippen LogP contribution in [0.25, 0.3) is 0 Å². The first-order chi connectivity index (χ1) is 7.24. The van der Waals surface area contributed by atoms with Crippen molar-refractivity contribution in [1.82, 2.24) is 5.32 Å². The number of hydrogen-bond donors (Lipinski definition) is 2. The minimum atomic E-state index is -0.408. The summed E-state index contributed by atoms with van der Waals surface area (Å²) in [6.07, 6.45) is 0.713. The average molecular weight is 217 g/mol. The second kappa shape index (κ2) is 7.17. The fraction of sp³-hybridized carbons (Fsp3) is 1.00. The highest BCUT2D eigenvalue weighted by atomic mass is 16.5. The van der Waals surface area contributed by atoms with Gasteiger partial charge >= 0.3 is 0 Å². The van der Waals surface area contributed by atoms with Crippen molar-refractivity contribution in [3.05, 3.63) is 0 Å². The number of nitrogens with one attached hydrogen (secondary N) is 1. The molecule has 1 aliphatic heterocycles. The zero-order valence-corrected chi connectivity index (χ0v) is 9.74. The van der Waals surface area contributed by atoms with Gasteiger partial charge in [-0.1, -0.05) is 0 Å². The van der Waals surface area contributed by atoms with E-state index >= 15 is 0 Å². The molecule has 90 valence electrons. The summed E-state index contributed by atoms with van der Waals surface area (Å²) in [4.78, 5) is 0. The molecule has 4 heteroatoms. The molecule has 1 saturated heterocycles. The number of ether oxygens (including phenoxy) is 2. The van der Waals surface area contributed by atoms with Crippen LogP contribution in [0.2, 0.25) is 0 Å². The van der Waals surface area contributed by atoms with Gasteiger partial charge in [-0.2, -0.15) is 0 Å². The average Bonchev–Trinajstić information content (AvgIpc) is 2.76. The molecule has 15 heavy (non-hydrogen) atoms. The summed E-state index contributed by atoms with van der Waals surface area (Å²) in [5, 5.41) is 12.9. The Morgan fingerprint density at radius 3 is 3.00 bits per heavy atom. The Morgan fingerprint density at radius 1 is 1.60 bits per heavy atom. The third-order valence-corrected chi connectivity index (χ3v) is 2.86. The number of rotatable bonds is 7. The molecule has 0 bridgehead atoms. The highest BCUT2D eigenvalue weighted by Gasteiger charge is 2.22. The predicted molar refractivity (Wildman–Crippen MR) is 58.9 cm³/mol. The van der Waals surface area contributed by atoms with Crippen LogP contribution in [-0.2, 0) is 9.47 Å². The quantitative estimate of drug-likeness (QED) is 0.648. The van der Waals surface area contributed by atoms with Crippen LogP contribution in [-0.4, -0.2) is 50.2 Å². The van der Waals surface area contributed by atoms with Crippen LogP contribution >= 0.6 is 0 Å². The van der Waals surface area contributed by atoms with E-state index in [9.17, 15) is 5.11 Å². The van der Waals surface area contributed by atoms with Crippen molar-refractivity contribution in [3.63, 3.8) is 0 Å². The molecule has 0 amide bonds. The van der Waals surface area contributed by atoms with Crippen LogP contribution in [0.5, 0.6) is 0 Å². The van der Waals surface area contributed by atoms with E-state index in [4.69, 9.17) is 9.47 Å². The SMILES string of the molecule is CCOCC(O)CNC(C)C1CCOC1. The van der Waals surface area contributed by atoms with E-state index in [1.54, 1.807) is 0 Å². The molecule has 0 aromatic carbocycles. The van der Waals surface area contributed by atoms with Crippen molar-refractivity contribution in [2.24, 2.45) is 5.92 Å². The largest absolute Gasteiger partial charge is 0.389 e. The minimum Gasteiger partial charge on any atom is -0.389 e. The molecular weight excluding hydrogens is 194 g/mol. The first-order valence-corrected chi connectivity index (χ1v) is 5.81. The molecule has 3 unspecified atom stereocenters. The molecule has 1 rings (SSSR count). The Balaban J connectivity index is 2.07. The van der Waals surface area contributed by atoms with Gasteiger partial charge in [0.05, 0.1) is 19.3 Å². The van der Waals surface area contributed by atoms with Gasteiger partial charge in [-0.3, -0.25) is 0 Å². The van der Waals surface area contributed by atoms with Gasteiger partial charge in [0.1, 0.15) is 0 Å². The summed E-state index contributed by atoms with van der Waals surface area (Å²) in [6, 6.07) is 0.406. The summed E-state index contributed by atoms with van der Waals surface area (Å²) in [7, 11) is 0. The standard InChI is InChI=1S/C11H23NO3/c1-3-14-8-11(13)6-12-9(2)10-4-5-15-7-10/h9-13H,3-8H2,1-2H3. The van der Waals surface area contributed by atoms with Crippen LogP contribution in [0.15, 0.2) is 0 Å². The van der Waals surface area contributed by atoms with E-state index in [-0.39, 0.29) is 0 Å².